The quantitative estimate of drug-likeness (QED) is 0.279. The van der Waals surface area contributed by atoms with Gasteiger partial charge in [-0.05, 0) is 36.6 Å². The molecule has 0 aliphatic heterocycles. The number of nitrogens with zero attached hydrogens (tertiary/aromatic N) is 3. The summed E-state index contributed by atoms with van der Waals surface area (Å²) in [5, 5.41) is 5.68. The molecule has 3 rings (SSSR count). The highest BCUT2D eigenvalue weighted by atomic mass is 16.2. The van der Waals surface area contributed by atoms with E-state index in [1.807, 2.05) is 0 Å². The molecule has 0 unspecified atom stereocenters. The highest BCUT2D eigenvalue weighted by molar-refractivity contribution is 6.01. The largest absolute Gasteiger partial charge is 0.382 e. The predicted octanol–water partition coefficient (Wildman–Crippen LogP) is 1.84. The van der Waals surface area contributed by atoms with Crippen molar-refractivity contribution in [3.05, 3.63) is 58.0 Å². The summed E-state index contributed by atoms with van der Waals surface area (Å²) < 4.78 is 1.47. The standard InChI is InChI=1S/C22H27N7O3/c1-4-5-10-24-21-27-18(23)17-19(28-21)29(22(32)26-17)12-14-6-8-15(9-7-14)20(31)25-11-16(30)13(2)3/h6-9H,2,4-5,10-12H2,1,3H3,(H,25,31)(H,26,32)(H3,23,24,27,28). The number of carbonyl (C=O) groups is 2. The molecule has 10 nitrogen and oxygen atoms in total. The summed E-state index contributed by atoms with van der Waals surface area (Å²) in [7, 11) is 0. The number of hydrogen-bond donors (Lipinski definition) is 4. The summed E-state index contributed by atoms with van der Waals surface area (Å²) in [4.78, 5) is 47.7. The van der Waals surface area contributed by atoms with Crippen LogP contribution in [0.15, 0.2) is 41.2 Å². The van der Waals surface area contributed by atoms with Crippen molar-refractivity contribution >= 4 is 34.6 Å². The zero-order valence-corrected chi connectivity index (χ0v) is 18.2. The molecule has 0 atom stereocenters. The average Bonchev–Trinajstić information content (AvgIpc) is 3.08. The molecule has 0 saturated carbocycles. The SMILES string of the molecule is C=C(C)C(=O)CNC(=O)c1ccc(Cn2c(=O)[nH]c3c(N)nc(NCCCC)nc32)cc1. The third-order valence-electron chi connectivity index (χ3n) is 4.91. The van der Waals surface area contributed by atoms with Gasteiger partial charge in [0.05, 0.1) is 13.1 Å². The number of hydrogen-bond acceptors (Lipinski definition) is 7. The maximum absolute atomic E-state index is 12.5. The maximum atomic E-state index is 12.5. The zero-order valence-electron chi connectivity index (χ0n) is 18.2. The molecule has 0 saturated heterocycles. The minimum atomic E-state index is -0.362. The zero-order chi connectivity index (χ0) is 23.3. The molecular formula is C22H27N7O3. The van der Waals surface area contributed by atoms with Crippen LogP contribution in [-0.2, 0) is 11.3 Å². The topological polar surface area (TPSA) is 148 Å². The molecule has 0 aliphatic rings. The molecule has 1 amide bonds. The molecular weight excluding hydrogens is 410 g/mol. The summed E-state index contributed by atoms with van der Waals surface area (Å²) in [6, 6.07) is 6.76. The molecule has 0 bridgehead atoms. The van der Waals surface area contributed by atoms with Crippen LogP contribution >= 0.6 is 0 Å². The van der Waals surface area contributed by atoms with Crippen LogP contribution in [0.25, 0.3) is 11.2 Å². The van der Waals surface area contributed by atoms with Gasteiger partial charge in [-0.2, -0.15) is 9.97 Å². The number of fused-ring (bicyclic) bond motifs is 1. The Hall–Kier alpha value is -3.95. The number of amides is 1. The molecule has 2 heterocycles. The number of Topliss-reactive ketones (excluding diaryl/α,β-unsaturated/α-hetero) is 1. The Morgan fingerprint density at radius 2 is 1.94 bits per heavy atom. The Balaban J connectivity index is 1.78. The number of unbranched alkanes of at least 4 members (excludes halogenated alkanes) is 1. The van der Waals surface area contributed by atoms with E-state index in [0.29, 0.717) is 34.8 Å². The van der Waals surface area contributed by atoms with Crippen LogP contribution in [0.5, 0.6) is 0 Å². The van der Waals surface area contributed by atoms with E-state index in [0.717, 1.165) is 18.4 Å². The van der Waals surface area contributed by atoms with Crippen LogP contribution in [0, 0.1) is 0 Å². The number of nitrogen functional groups attached to an aromatic ring is 1. The molecule has 168 valence electrons. The number of carbonyl (C=O) groups excluding carboxylic acids is 2. The molecule has 0 radical (unpaired) electrons. The fraction of sp³-hybridized carbons (Fsp3) is 0.318. The summed E-state index contributed by atoms with van der Waals surface area (Å²) in [5.74, 6) is -0.0223. The van der Waals surface area contributed by atoms with E-state index < -0.39 is 0 Å². The van der Waals surface area contributed by atoms with E-state index in [-0.39, 0.29) is 36.3 Å². The van der Waals surface area contributed by atoms with Gasteiger partial charge in [0.25, 0.3) is 5.91 Å². The molecule has 5 N–H and O–H groups in total. The lowest BCUT2D eigenvalue weighted by Gasteiger charge is -2.08. The summed E-state index contributed by atoms with van der Waals surface area (Å²) >= 11 is 0. The monoisotopic (exact) mass is 437 g/mol. The van der Waals surface area contributed by atoms with Crippen molar-refractivity contribution in [1.82, 2.24) is 24.8 Å². The highest BCUT2D eigenvalue weighted by Gasteiger charge is 2.15. The molecule has 0 spiro atoms. The second-order valence-corrected chi connectivity index (χ2v) is 7.51. The number of rotatable bonds is 10. The van der Waals surface area contributed by atoms with Gasteiger partial charge < -0.3 is 21.4 Å². The lowest BCUT2D eigenvalue weighted by atomic mass is 10.1. The fourth-order valence-corrected chi connectivity index (χ4v) is 3.01. The summed E-state index contributed by atoms with van der Waals surface area (Å²) in [6.45, 7) is 8.08. The Morgan fingerprint density at radius 1 is 1.22 bits per heavy atom. The van der Waals surface area contributed by atoms with Gasteiger partial charge in [0, 0.05) is 12.1 Å². The van der Waals surface area contributed by atoms with Crippen LogP contribution in [-0.4, -0.2) is 44.3 Å². The van der Waals surface area contributed by atoms with Crippen molar-refractivity contribution < 1.29 is 9.59 Å². The van der Waals surface area contributed by atoms with E-state index in [2.05, 4.69) is 39.1 Å². The number of imidazole rings is 1. The molecule has 0 aliphatic carbocycles. The van der Waals surface area contributed by atoms with E-state index in [4.69, 9.17) is 5.73 Å². The van der Waals surface area contributed by atoms with Crippen molar-refractivity contribution in [3.8, 4) is 0 Å². The van der Waals surface area contributed by atoms with Gasteiger partial charge in [0.1, 0.15) is 5.52 Å². The predicted molar refractivity (Wildman–Crippen MR) is 124 cm³/mol. The Bertz CT molecular complexity index is 1210. The van der Waals surface area contributed by atoms with Crippen LogP contribution in [0.1, 0.15) is 42.6 Å². The lowest BCUT2D eigenvalue weighted by Crippen LogP contribution is -2.29. The summed E-state index contributed by atoms with van der Waals surface area (Å²) in [5.41, 5.74) is 8.03. The van der Waals surface area contributed by atoms with Crippen molar-refractivity contribution in [2.75, 3.05) is 24.1 Å². The van der Waals surface area contributed by atoms with Gasteiger partial charge in [-0.3, -0.25) is 14.2 Å². The van der Waals surface area contributed by atoms with Crippen LogP contribution in [0.3, 0.4) is 0 Å². The average molecular weight is 438 g/mol. The third-order valence-corrected chi connectivity index (χ3v) is 4.91. The van der Waals surface area contributed by atoms with Crippen LogP contribution in [0.4, 0.5) is 11.8 Å². The Labute approximate surface area is 184 Å². The minimum absolute atomic E-state index is 0.101. The number of nitrogens with one attached hydrogen (secondary N) is 3. The van der Waals surface area contributed by atoms with Crippen molar-refractivity contribution in [1.29, 1.82) is 0 Å². The number of nitrogens with two attached hydrogens (primary N) is 1. The third kappa shape index (κ3) is 5.20. The first-order valence-electron chi connectivity index (χ1n) is 10.4. The second-order valence-electron chi connectivity index (χ2n) is 7.51. The number of H-pyrrole nitrogens is 1. The molecule has 32 heavy (non-hydrogen) atoms. The molecule has 0 fully saturated rings. The second kappa shape index (κ2) is 9.90. The molecule has 3 aromatic rings. The van der Waals surface area contributed by atoms with Gasteiger partial charge in [0.2, 0.25) is 5.95 Å². The fourth-order valence-electron chi connectivity index (χ4n) is 3.01. The van der Waals surface area contributed by atoms with Gasteiger partial charge in [0.15, 0.2) is 17.2 Å². The van der Waals surface area contributed by atoms with Gasteiger partial charge in [-0.1, -0.05) is 32.1 Å². The van der Waals surface area contributed by atoms with Crippen LogP contribution in [0.2, 0.25) is 0 Å². The van der Waals surface area contributed by atoms with Gasteiger partial charge in [-0.25, -0.2) is 4.79 Å². The van der Waals surface area contributed by atoms with Gasteiger partial charge >= 0.3 is 5.69 Å². The van der Waals surface area contributed by atoms with E-state index >= 15 is 0 Å². The van der Waals surface area contributed by atoms with E-state index in [1.165, 1.54) is 4.57 Å². The van der Waals surface area contributed by atoms with Crippen molar-refractivity contribution in [2.24, 2.45) is 0 Å². The molecule has 10 heteroatoms. The smallest absolute Gasteiger partial charge is 0.328 e. The van der Waals surface area contributed by atoms with Crippen molar-refractivity contribution in [3.63, 3.8) is 0 Å². The normalized spacial score (nSPS) is 10.8. The number of aromatic nitrogens is 4. The van der Waals surface area contributed by atoms with Crippen molar-refractivity contribution in [2.45, 2.75) is 33.2 Å². The van der Waals surface area contributed by atoms with E-state index in [9.17, 15) is 14.4 Å². The number of anilines is 2. The minimum Gasteiger partial charge on any atom is -0.382 e. The van der Waals surface area contributed by atoms with Crippen LogP contribution < -0.4 is 22.1 Å². The van der Waals surface area contributed by atoms with E-state index in [1.54, 1.807) is 31.2 Å². The first kappa shape index (κ1) is 22.7. The first-order chi connectivity index (χ1) is 15.3. The lowest BCUT2D eigenvalue weighted by molar-refractivity contribution is -0.114. The number of benzene rings is 1. The summed E-state index contributed by atoms with van der Waals surface area (Å²) in [6.07, 6.45) is 1.99. The Kier molecular flexibility index (Phi) is 7.04. The number of ketones is 1. The Morgan fingerprint density at radius 3 is 2.59 bits per heavy atom. The molecule has 2 aromatic heterocycles. The molecule has 1 aromatic carbocycles. The maximum Gasteiger partial charge on any atom is 0.328 e. The number of aromatic amines is 1. The first-order valence-corrected chi connectivity index (χ1v) is 10.4. The highest BCUT2D eigenvalue weighted by Crippen LogP contribution is 2.17. The van der Waals surface area contributed by atoms with Gasteiger partial charge in [-0.15, -0.1) is 0 Å².